The topological polar surface area (TPSA) is 4.36 Å². The maximum Gasteiger partial charge on any atom is 0.232 e. The largest absolute Gasteiger partial charge is 0.310 e. The molecule has 1 nitrogen and oxygen atoms in total. The average molecular weight is 297 g/mol. The molecule has 120 valence electrons. The summed E-state index contributed by atoms with van der Waals surface area (Å²) in [7, 11) is 0. The van der Waals surface area contributed by atoms with E-state index >= 15 is 0 Å². The molecule has 0 spiro atoms. The van der Waals surface area contributed by atoms with E-state index in [0.717, 1.165) is 47.8 Å². The summed E-state index contributed by atoms with van der Waals surface area (Å²) in [6.45, 7) is 17.4. The lowest BCUT2D eigenvalue weighted by molar-refractivity contribution is -0.101. The molecular formula is C21H31N. The third kappa shape index (κ3) is 1.82. The molecule has 4 aliphatic rings. The van der Waals surface area contributed by atoms with Gasteiger partial charge in [-0.1, -0.05) is 25.5 Å². The molecule has 9 atom stereocenters. The van der Waals surface area contributed by atoms with Gasteiger partial charge in [-0.3, -0.25) is 0 Å². The average Bonchev–Trinajstić information content (AvgIpc) is 2.51. The second-order valence-corrected chi connectivity index (χ2v) is 9.25. The van der Waals surface area contributed by atoms with Crippen molar-refractivity contribution in [1.29, 1.82) is 0 Å². The maximum atomic E-state index is 7.82. The van der Waals surface area contributed by atoms with Crippen molar-refractivity contribution in [3.05, 3.63) is 23.1 Å². The Kier molecular flexibility index (Phi) is 3.27. The van der Waals surface area contributed by atoms with E-state index in [-0.39, 0.29) is 5.54 Å². The van der Waals surface area contributed by atoms with Gasteiger partial charge in [-0.05, 0) is 74.0 Å². The molecule has 0 aliphatic heterocycles. The van der Waals surface area contributed by atoms with Crippen LogP contribution < -0.4 is 0 Å². The molecule has 0 aromatic rings. The highest BCUT2D eigenvalue weighted by atomic mass is 14.8. The van der Waals surface area contributed by atoms with E-state index in [4.69, 9.17) is 6.57 Å². The van der Waals surface area contributed by atoms with Crippen molar-refractivity contribution in [2.75, 3.05) is 0 Å². The first-order chi connectivity index (χ1) is 10.5. The summed E-state index contributed by atoms with van der Waals surface area (Å²) in [6, 6.07) is 0. The molecule has 0 amide bonds. The summed E-state index contributed by atoms with van der Waals surface area (Å²) in [5, 5.41) is 0. The minimum absolute atomic E-state index is 0.0623. The molecular weight excluding hydrogens is 266 g/mol. The molecule has 0 unspecified atom stereocenters. The first-order valence-electron chi connectivity index (χ1n) is 9.53. The lowest BCUT2D eigenvalue weighted by Crippen LogP contribution is -2.58. The van der Waals surface area contributed by atoms with E-state index in [9.17, 15) is 0 Å². The quantitative estimate of drug-likeness (QED) is 0.406. The standard InChI is InChI=1S/C21H31N/c1-12-10-15-11-13(2)16-8-9-21(4,22-5)18-7-6-17(14(12)3)19(15)20(16)18/h10,13-20H,6-9,11H2,1-4H3/t13-,14+,15+,16+,17+,18-,19-,20+,21-/m0/s1. The van der Waals surface area contributed by atoms with Gasteiger partial charge in [0, 0.05) is 19.3 Å². The Morgan fingerprint density at radius 3 is 2.64 bits per heavy atom. The van der Waals surface area contributed by atoms with E-state index in [1.165, 1.54) is 25.7 Å². The molecule has 1 heteroatoms. The number of rotatable bonds is 0. The van der Waals surface area contributed by atoms with Crippen molar-refractivity contribution >= 4 is 0 Å². The number of allylic oxidation sites excluding steroid dienone is 2. The minimum Gasteiger partial charge on any atom is -0.310 e. The van der Waals surface area contributed by atoms with Crippen LogP contribution in [0, 0.1) is 53.9 Å². The molecule has 0 radical (unpaired) electrons. The molecule has 0 saturated heterocycles. The predicted molar refractivity (Wildman–Crippen MR) is 91.1 cm³/mol. The van der Waals surface area contributed by atoms with Gasteiger partial charge >= 0.3 is 0 Å². The van der Waals surface area contributed by atoms with Crippen molar-refractivity contribution in [1.82, 2.24) is 0 Å². The first kappa shape index (κ1) is 14.8. The minimum atomic E-state index is -0.0623. The van der Waals surface area contributed by atoms with Crippen LogP contribution in [0.2, 0.25) is 0 Å². The highest BCUT2D eigenvalue weighted by Crippen LogP contribution is 2.64. The summed E-state index contributed by atoms with van der Waals surface area (Å²) in [4.78, 5) is 4.18. The molecule has 0 aromatic heterocycles. The molecule has 0 heterocycles. The SMILES string of the molecule is [C-]#[N+][C@@]1(C)CC[C@H]2[C@H]3[C@@H]4[C@H](CC[C@@H]31)[C@H](C)C(C)=C[C@@H]4C[C@@H]2C. The summed E-state index contributed by atoms with van der Waals surface area (Å²) in [6.07, 6.45) is 9.21. The fourth-order valence-corrected chi connectivity index (χ4v) is 7.21. The number of hydrogen-bond acceptors (Lipinski definition) is 0. The molecule has 22 heavy (non-hydrogen) atoms. The Labute approximate surface area is 136 Å². The Morgan fingerprint density at radius 1 is 1.14 bits per heavy atom. The van der Waals surface area contributed by atoms with Gasteiger partial charge in [0.2, 0.25) is 5.54 Å². The molecule has 4 rings (SSSR count). The zero-order valence-electron chi connectivity index (χ0n) is 14.7. The summed E-state index contributed by atoms with van der Waals surface area (Å²) >= 11 is 0. The van der Waals surface area contributed by atoms with Crippen molar-refractivity contribution in [2.24, 2.45) is 47.3 Å². The normalized spacial score (nSPS) is 56.6. The number of hydrogen-bond donors (Lipinski definition) is 0. The van der Waals surface area contributed by atoms with Crippen molar-refractivity contribution in [3.8, 4) is 0 Å². The van der Waals surface area contributed by atoms with Crippen LogP contribution in [0.3, 0.4) is 0 Å². The van der Waals surface area contributed by atoms with E-state index in [1.807, 2.05) is 0 Å². The van der Waals surface area contributed by atoms with Crippen LogP contribution in [-0.2, 0) is 0 Å². The van der Waals surface area contributed by atoms with E-state index in [2.05, 4.69) is 38.6 Å². The van der Waals surface area contributed by atoms with Crippen LogP contribution in [0.1, 0.15) is 59.8 Å². The monoisotopic (exact) mass is 297 g/mol. The van der Waals surface area contributed by atoms with Gasteiger partial charge < -0.3 is 4.85 Å². The van der Waals surface area contributed by atoms with Gasteiger partial charge in [-0.15, -0.1) is 0 Å². The Bertz CT molecular complexity index is 541. The van der Waals surface area contributed by atoms with Crippen LogP contribution in [-0.4, -0.2) is 5.54 Å². The second-order valence-electron chi connectivity index (χ2n) is 9.25. The van der Waals surface area contributed by atoms with Gasteiger partial charge in [0.25, 0.3) is 0 Å². The number of nitrogens with zero attached hydrogens (tertiary/aromatic N) is 1. The summed E-state index contributed by atoms with van der Waals surface area (Å²) in [5.74, 6) is 6.66. The third-order valence-corrected chi connectivity index (χ3v) is 8.45. The zero-order chi connectivity index (χ0) is 15.6. The van der Waals surface area contributed by atoms with Gasteiger partial charge in [0.1, 0.15) is 0 Å². The van der Waals surface area contributed by atoms with E-state index < -0.39 is 0 Å². The lowest BCUT2D eigenvalue weighted by atomic mass is 9.43. The first-order valence-corrected chi connectivity index (χ1v) is 9.53. The van der Waals surface area contributed by atoms with Crippen molar-refractivity contribution < 1.29 is 0 Å². The summed E-state index contributed by atoms with van der Waals surface area (Å²) in [5.41, 5.74) is 1.59. The van der Waals surface area contributed by atoms with Crippen LogP contribution in [0.25, 0.3) is 4.85 Å². The van der Waals surface area contributed by atoms with Crippen molar-refractivity contribution in [2.45, 2.75) is 65.3 Å². The predicted octanol–water partition coefficient (Wildman–Crippen LogP) is 5.58. The Hall–Kier alpha value is -0.770. The molecule has 0 aromatic carbocycles. The highest BCUT2D eigenvalue weighted by Gasteiger charge is 2.61. The smallest absolute Gasteiger partial charge is 0.232 e. The Balaban J connectivity index is 1.78. The molecule has 0 N–H and O–H groups in total. The fourth-order valence-electron chi connectivity index (χ4n) is 7.21. The second kappa shape index (κ2) is 4.86. The zero-order valence-corrected chi connectivity index (χ0v) is 14.7. The van der Waals surface area contributed by atoms with Crippen LogP contribution in [0.15, 0.2) is 11.6 Å². The molecule has 0 bridgehead atoms. The van der Waals surface area contributed by atoms with Crippen LogP contribution in [0.5, 0.6) is 0 Å². The highest BCUT2D eigenvalue weighted by molar-refractivity contribution is 5.21. The van der Waals surface area contributed by atoms with Gasteiger partial charge in [-0.2, -0.15) is 0 Å². The molecule has 3 fully saturated rings. The van der Waals surface area contributed by atoms with E-state index in [0.29, 0.717) is 5.92 Å². The fraction of sp³-hybridized carbons (Fsp3) is 0.857. The maximum absolute atomic E-state index is 7.82. The van der Waals surface area contributed by atoms with Gasteiger partial charge in [-0.25, -0.2) is 6.57 Å². The van der Waals surface area contributed by atoms with Gasteiger partial charge in [0.05, 0.1) is 0 Å². The van der Waals surface area contributed by atoms with Gasteiger partial charge in [0.15, 0.2) is 0 Å². The lowest BCUT2D eigenvalue weighted by Gasteiger charge is -2.61. The van der Waals surface area contributed by atoms with Crippen LogP contribution in [0.4, 0.5) is 0 Å². The molecule has 4 aliphatic carbocycles. The van der Waals surface area contributed by atoms with Crippen molar-refractivity contribution in [3.63, 3.8) is 0 Å². The Morgan fingerprint density at radius 2 is 1.91 bits per heavy atom. The third-order valence-electron chi connectivity index (χ3n) is 8.45. The summed E-state index contributed by atoms with van der Waals surface area (Å²) < 4.78 is 0. The van der Waals surface area contributed by atoms with Crippen LogP contribution >= 0.6 is 0 Å². The van der Waals surface area contributed by atoms with E-state index in [1.54, 1.807) is 5.57 Å². The molecule has 3 saturated carbocycles.